The fourth-order valence-electron chi connectivity index (χ4n) is 2.56. The maximum absolute atomic E-state index is 13.4. The lowest BCUT2D eigenvalue weighted by Crippen LogP contribution is -2.54. The number of anilines is 2. The molecule has 2 amide bonds. The Morgan fingerprint density at radius 3 is 1.69 bits per heavy atom. The van der Waals surface area contributed by atoms with E-state index in [0.717, 1.165) is 10.0 Å². The van der Waals surface area contributed by atoms with Crippen LogP contribution in [0.2, 0.25) is 0 Å². The van der Waals surface area contributed by atoms with E-state index in [1.54, 1.807) is 59.7 Å². The van der Waals surface area contributed by atoms with Crippen LogP contribution in [0.4, 0.5) is 21.0 Å². The number of carbonyl (C=O) groups excluding carboxylic acids is 3. The number of ether oxygens (including phenoxy) is 2. The number of Topliss-reactive ketones (excluding diaryl/α,β-unsaturated/α-hetero) is 1. The zero-order valence-electron chi connectivity index (χ0n) is 19.2. The molecule has 0 unspecified atom stereocenters. The molecule has 2 aromatic heterocycles. The van der Waals surface area contributed by atoms with E-state index in [9.17, 15) is 14.4 Å². The number of carbonyl (C=O) groups is 3. The van der Waals surface area contributed by atoms with E-state index in [2.05, 4.69) is 25.9 Å². The standard InChI is InChI=1S/C22H27BrN4O5/c1-14(28)17-15(10-8-12-24-17)26(19(29)31-21(2,3)4)27(20(30)32-22(5,6)7)16-11-9-13-25-18(16)23/h8-13H,1-7H3. The molecule has 0 bridgehead atoms. The average molecular weight is 507 g/mol. The summed E-state index contributed by atoms with van der Waals surface area (Å²) in [7, 11) is 0. The van der Waals surface area contributed by atoms with Gasteiger partial charge in [-0.1, -0.05) is 0 Å². The van der Waals surface area contributed by atoms with Crippen molar-refractivity contribution in [3.8, 4) is 0 Å². The van der Waals surface area contributed by atoms with E-state index in [0.29, 0.717) is 0 Å². The lowest BCUT2D eigenvalue weighted by atomic mass is 10.2. The number of hydrogen-bond donors (Lipinski definition) is 0. The normalized spacial score (nSPS) is 11.5. The zero-order chi connectivity index (χ0) is 24.3. The third-order valence-corrected chi connectivity index (χ3v) is 4.26. The molecule has 32 heavy (non-hydrogen) atoms. The maximum atomic E-state index is 13.4. The van der Waals surface area contributed by atoms with Crippen molar-refractivity contribution in [2.24, 2.45) is 0 Å². The van der Waals surface area contributed by atoms with Gasteiger partial charge in [0.05, 0.1) is 5.69 Å². The molecule has 2 rings (SSSR count). The van der Waals surface area contributed by atoms with Crippen LogP contribution in [0.25, 0.3) is 0 Å². The number of hydrazine groups is 1. The summed E-state index contributed by atoms with van der Waals surface area (Å²) >= 11 is 3.32. The van der Waals surface area contributed by atoms with E-state index in [1.807, 2.05) is 0 Å². The summed E-state index contributed by atoms with van der Waals surface area (Å²) in [6.07, 6.45) is 1.15. The van der Waals surface area contributed by atoms with Crippen molar-refractivity contribution in [3.05, 3.63) is 47.0 Å². The van der Waals surface area contributed by atoms with Crippen LogP contribution >= 0.6 is 15.9 Å². The Kier molecular flexibility index (Phi) is 7.61. The van der Waals surface area contributed by atoms with Crippen molar-refractivity contribution in [1.82, 2.24) is 9.97 Å². The number of amides is 2. The summed E-state index contributed by atoms with van der Waals surface area (Å²) in [5.41, 5.74) is -1.53. The highest BCUT2D eigenvalue weighted by molar-refractivity contribution is 9.10. The monoisotopic (exact) mass is 506 g/mol. The molecule has 0 aliphatic rings. The van der Waals surface area contributed by atoms with Crippen LogP contribution in [0.1, 0.15) is 59.0 Å². The van der Waals surface area contributed by atoms with Gasteiger partial charge in [0.2, 0.25) is 0 Å². The minimum Gasteiger partial charge on any atom is -0.442 e. The zero-order valence-corrected chi connectivity index (χ0v) is 20.8. The smallest absolute Gasteiger partial charge is 0.434 e. The number of aromatic nitrogens is 2. The van der Waals surface area contributed by atoms with Crippen molar-refractivity contribution < 1.29 is 23.9 Å². The van der Waals surface area contributed by atoms with Crippen molar-refractivity contribution in [2.75, 3.05) is 10.0 Å². The van der Waals surface area contributed by atoms with Crippen molar-refractivity contribution in [2.45, 2.75) is 59.7 Å². The molecule has 9 nitrogen and oxygen atoms in total. The third-order valence-electron chi connectivity index (χ3n) is 3.65. The van der Waals surface area contributed by atoms with E-state index in [1.165, 1.54) is 25.4 Å². The van der Waals surface area contributed by atoms with Crippen LogP contribution in [0, 0.1) is 0 Å². The highest BCUT2D eigenvalue weighted by Crippen LogP contribution is 2.32. The minimum atomic E-state index is -0.908. The molecule has 0 radical (unpaired) electrons. The van der Waals surface area contributed by atoms with Gasteiger partial charge in [-0.25, -0.2) is 14.6 Å². The lowest BCUT2D eigenvalue weighted by Gasteiger charge is -2.36. The summed E-state index contributed by atoms with van der Waals surface area (Å²) in [5, 5.41) is 1.91. The molecule has 0 fully saturated rings. The van der Waals surface area contributed by atoms with Gasteiger partial charge in [0.15, 0.2) is 5.78 Å². The van der Waals surface area contributed by atoms with Crippen molar-refractivity contribution >= 4 is 45.3 Å². The van der Waals surface area contributed by atoms with Crippen molar-refractivity contribution in [1.29, 1.82) is 0 Å². The Bertz CT molecular complexity index is 1010. The Labute approximate surface area is 195 Å². The number of rotatable bonds is 3. The number of pyridine rings is 2. The predicted molar refractivity (Wildman–Crippen MR) is 124 cm³/mol. The molecular weight excluding hydrogens is 480 g/mol. The largest absolute Gasteiger partial charge is 0.442 e. The van der Waals surface area contributed by atoms with Crippen molar-refractivity contribution in [3.63, 3.8) is 0 Å². The second-order valence-electron chi connectivity index (χ2n) is 8.82. The first-order valence-electron chi connectivity index (χ1n) is 9.84. The first kappa shape index (κ1) is 25.3. The second-order valence-corrected chi connectivity index (χ2v) is 9.58. The molecule has 0 saturated carbocycles. The maximum Gasteiger partial charge on any atom is 0.434 e. The van der Waals surface area contributed by atoms with E-state index >= 15 is 0 Å². The predicted octanol–water partition coefficient (Wildman–Crippen LogP) is 5.54. The van der Waals surface area contributed by atoms with Crippen LogP contribution in [0.15, 0.2) is 41.3 Å². The fraction of sp³-hybridized carbons (Fsp3) is 0.409. The van der Waals surface area contributed by atoms with Gasteiger partial charge in [-0.15, -0.1) is 0 Å². The molecule has 0 aromatic carbocycles. The van der Waals surface area contributed by atoms with E-state index in [-0.39, 0.29) is 21.7 Å². The number of ketones is 1. The highest BCUT2D eigenvalue weighted by Gasteiger charge is 2.38. The quantitative estimate of drug-likeness (QED) is 0.305. The summed E-state index contributed by atoms with van der Waals surface area (Å²) in [5.74, 6) is -0.399. The molecule has 0 spiro atoms. The number of halogens is 1. The molecule has 0 aliphatic heterocycles. The van der Waals surface area contributed by atoms with Gasteiger partial charge in [0.1, 0.15) is 27.2 Å². The Balaban J connectivity index is 2.80. The summed E-state index contributed by atoms with van der Waals surface area (Å²) in [6, 6.07) is 6.21. The first-order chi connectivity index (χ1) is 14.7. The van der Waals surface area contributed by atoms with Gasteiger partial charge in [-0.05, 0) is 81.7 Å². The van der Waals surface area contributed by atoms with Crippen LogP contribution in [-0.2, 0) is 9.47 Å². The van der Waals surface area contributed by atoms with Gasteiger partial charge in [-0.2, -0.15) is 10.0 Å². The first-order valence-corrected chi connectivity index (χ1v) is 10.6. The third kappa shape index (κ3) is 6.49. The lowest BCUT2D eigenvalue weighted by molar-refractivity contribution is 0.0478. The molecule has 10 heteroatoms. The summed E-state index contributed by atoms with van der Waals surface area (Å²) < 4.78 is 11.4. The van der Waals surface area contributed by atoms with E-state index in [4.69, 9.17) is 9.47 Å². The SMILES string of the molecule is CC(=O)c1ncccc1N(C(=O)OC(C)(C)C)N(C(=O)OC(C)(C)C)c1cccnc1Br. The van der Waals surface area contributed by atoms with Crippen LogP contribution in [0.3, 0.4) is 0 Å². The Hall–Kier alpha value is -3.01. The number of nitrogens with zero attached hydrogens (tertiary/aromatic N) is 4. The van der Waals surface area contributed by atoms with Crippen LogP contribution in [-0.4, -0.2) is 39.1 Å². The molecular formula is C22H27BrN4O5. The fourth-order valence-corrected chi connectivity index (χ4v) is 2.98. The second kappa shape index (κ2) is 9.64. The Morgan fingerprint density at radius 1 is 0.812 bits per heavy atom. The molecule has 0 saturated heterocycles. The average Bonchev–Trinajstić information content (AvgIpc) is 2.63. The molecule has 2 heterocycles. The summed E-state index contributed by atoms with van der Waals surface area (Å²) in [4.78, 5) is 47.4. The molecule has 2 aromatic rings. The molecule has 0 aliphatic carbocycles. The number of hydrogen-bond acceptors (Lipinski definition) is 7. The van der Waals surface area contributed by atoms with Gasteiger partial charge in [0, 0.05) is 19.3 Å². The van der Waals surface area contributed by atoms with Gasteiger partial charge >= 0.3 is 12.2 Å². The van der Waals surface area contributed by atoms with Gasteiger partial charge < -0.3 is 9.47 Å². The topological polar surface area (TPSA) is 102 Å². The van der Waals surface area contributed by atoms with Crippen LogP contribution in [0.5, 0.6) is 0 Å². The van der Waals surface area contributed by atoms with Gasteiger partial charge in [-0.3, -0.25) is 9.78 Å². The molecule has 172 valence electrons. The van der Waals surface area contributed by atoms with E-state index < -0.39 is 29.2 Å². The molecule has 0 N–H and O–H groups in total. The molecule has 0 atom stereocenters. The Morgan fingerprint density at radius 2 is 1.25 bits per heavy atom. The highest BCUT2D eigenvalue weighted by atomic mass is 79.9. The minimum absolute atomic E-state index is 0.0214. The summed E-state index contributed by atoms with van der Waals surface area (Å²) in [6.45, 7) is 11.5. The van der Waals surface area contributed by atoms with Gasteiger partial charge in [0.25, 0.3) is 0 Å². The van der Waals surface area contributed by atoms with Crippen LogP contribution < -0.4 is 10.0 Å².